The van der Waals surface area contributed by atoms with Gasteiger partial charge >= 0.3 is 0 Å². The summed E-state index contributed by atoms with van der Waals surface area (Å²) in [6.07, 6.45) is 2.23. The highest BCUT2D eigenvalue weighted by atomic mass is 35.5. The van der Waals surface area contributed by atoms with Gasteiger partial charge in [-0.15, -0.1) is 12.4 Å². The molecule has 2 heterocycles. The number of amides is 2. The molecule has 3 unspecified atom stereocenters. The topological polar surface area (TPSA) is 52.7 Å². The summed E-state index contributed by atoms with van der Waals surface area (Å²) in [5, 5.41) is 3.06. The molecule has 1 N–H and O–H groups in total. The van der Waals surface area contributed by atoms with Gasteiger partial charge < -0.3 is 15.1 Å². The van der Waals surface area contributed by atoms with Gasteiger partial charge in [-0.25, -0.2) is 8.78 Å². The Bertz CT molecular complexity index is 713. The van der Waals surface area contributed by atoms with E-state index in [9.17, 15) is 18.4 Å². The third-order valence-corrected chi connectivity index (χ3v) is 5.75. The fraction of sp³-hybridized carbons (Fsp3) is 0.579. The zero-order valence-corrected chi connectivity index (χ0v) is 15.8. The lowest BCUT2D eigenvalue weighted by atomic mass is 10.0. The number of carbonyl (C=O) groups excluding carboxylic acids is 2. The Kier molecular flexibility index (Phi) is 6.01. The molecular weight excluding hydrogens is 376 g/mol. The van der Waals surface area contributed by atoms with E-state index in [-0.39, 0.29) is 47.7 Å². The molecule has 27 heavy (non-hydrogen) atoms. The second-order valence-corrected chi connectivity index (χ2v) is 7.43. The number of piperidine rings is 1. The SMILES string of the molecule is Cl.O=C(C1CC1c1c(F)cccc1F)N1CCCC(N2CCNCC2=O)C1. The van der Waals surface area contributed by atoms with Crippen LogP contribution in [0.3, 0.4) is 0 Å². The molecule has 3 atom stereocenters. The number of piperazine rings is 1. The molecule has 0 bridgehead atoms. The first kappa shape index (κ1) is 20.0. The van der Waals surface area contributed by atoms with Crippen molar-refractivity contribution in [3.05, 3.63) is 35.4 Å². The smallest absolute Gasteiger partial charge is 0.236 e. The van der Waals surface area contributed by atoms with Crippen molar-refractivity contribution in [2.24, 2.45) is 5.92 Å². The maximum Gasteiger partial charge on any atom is 0.236 e. The van der Waals surface area contributed by atoms with E-state index >= 15 is 0 Å². The fourth-order valence-electron chi connectivity index (χ4n) is 4.30. The molecule has 1 saturated carbocycles. The average molecular weight is 400 g/mol. The summed E-state index contributed by atoms with van der Waals surface area (Å²) >= 11 is 0. The molecule has 3 fully saturated rings. The Labute approximate surface area is 163 Å². The molecule has 8 heteroatoms. The Balaban J connectivity index is 0.00000210. The van der Waals surface area contributed by atoms with Crippen LogP contribution in [0.25, 0.3) is 0 Å². The predicted octanol–water partition coefficient (Wildman–Crippen LogP) is 1.91. The quantitative estimate of drug-likeness (QED) is 0.844. The summed E-state index contributed by atoms with van der Waals surface area (Å²) in [5.41, 5.74) is 0.0386. The Morgan fingerprint density at radius 3 is 2.63 bits per heavy atom. The third kappa shape index (κ3) is 3.94. The van der Waals surface area contributed by atoms with Gasteiger partial charge in [0.05, 0.1) is 6.54 Å². The van der Waals surface area contributed by atoms with Crippen LogP contribution in [0, 0.1) is 17.6 Å². The number of carbonyl (C=O) groups is 2. The van der Waals surface area contributed by atoms with E-state index in [0.29, 0.717) is 32.6 Å². The number of nitrogens with zero attached hydrogens (tertiary/aromatic N) is 2. The normalized spacial score (nSPS) is 27.9. The third-order valence-electron chi connectivity index (χ3n) is 5.75. The highest BCUT2D eigenvalue weighted by Gasteiger charge is 2.48. The minimum Gasteiger partial charge on any atom is -0.340 e. The minimum absolute atomic E-state index is 0. The maximum atomic E-state index is 14.0. The van der Waals surface area contributed by atoms with E-state index in [1.807, 2.05) is 4.90 Å². The van der Waals surface area contributed by atoms with Crippen LogP contribution in [0.15, 0.2) is 18.2 Å². The maximum absolute atomic E-state index is 14.0. The molecule has 2 amide bonds. The molecule has 0 spiro atoms. The van der Waals surface area contributed by atoms with E-state index in [0.717, 1.165) is 19.4 Å². The Morgan fingerprint density at radius 1 is 1.19 bits per heavy atom. The molecule has 1 aliphatic carbocycles. The molecule has 148 valence electrons. The summed E-state index contributed by atoms with van der Waals surface area (Å²) in [7, 11) is 0. The van der Waals surface area contributed by atoms with E-state index in [2.05, 4.69) is 5.32 Å². The lowest BCUT2D eigenvalue weighted by molar-refractivity contribution is -0.141. The summed E-state index contributed by atoms with van der Waals surface area (Å²) in [5.74, 6) is -1.83. The van der Waals surface area contributed by atoms with Crippen LogP contribution >= 0.6 is 12.4 Å². The molecule has 1 aromatic rings. The second kappa shape index (κ2) is 8.10. The van der Waals surface area contributed by atoms with Crippen LogP contribution in [0.2, 0.25) is 0 Å². The van der Waals surface area contributed by atoms with E-state index in [1.54, 1.807) is 4.90 Å². The summed E-state index contributed by atoms with van der Waals surface area (Å²) in [4.78, 5) is 28.6. The first-order chi connectivity index (χ1) is 12.6. The molecule has 5 nitrogen and oxygen atoms in total. The monoisotopic (exact) mass is 399 g/mol. The summed E-state index contributed by atoms with van der Waals surface area (Å²) in [6.45, 7) is 2.96. The van der Waals surface area contributed by atoms with Crippen molar-refractivity contribution in [1.82, 2.24) is 15.1 Å². The van der Waals surface area contributed by atoms with Crippen molar-refractivity contribution in [3.63, 3.8) is 0 Å². The van der Waals surface area contributed by atoms with Gasteiger partial charge in [0.15, 0.2) is 0 Å². The van der Waals surface area contributed by atoms with Crippen molar-refractivity contribution in [3.8, 4) is 0 Å². The molecule has 0 radical (unpaired) electrons. The minimum atomic E-state index is -0.576. The number of likely N-dealkylation sites (tertiary alicyclic amines) is 1. The highest BCUT2D eigenvalue weighted by molar-refractivity contribution is 5.85. The van der Waals surface area contributed by atoms with Gasteiger partial charge in [-0.05, 0) is 31.4 Å². The number of hydrogen-bond acceptors (Lipinski definition) is 3. The van der Waals surface area contributed by atoms with E-state index in [4.69, 9.17) is 0 Å². The molecular formula is C19H24ClF2N3O2. The zero-order valence-electron chi connectivity index (χ0n) is 15.0. The lowest BCUT2D eigenvalue weighted by Crippen LogP contribution is -2.57. The highest BCUT2D eigenvalue weighted by Crippen LogP contribution is 2.50. The summed E-state index contributed by atoms with van der Waals surface area (Å²) < 4.78 is 27.9. The van der Waals surface area contributed by atoms with Crippen LogP contribution in [0.1, 0.15) is 30.7 Å². The van der Waals surface area contributed by atoms with Crippen LogP contribution < -0.4 is 5.32 Å². The van der Waals surface area contributed by atoms with Crippen LogP contribution in [-0.4, -0.2) is 60.4 Å². The summed E-state index contributed by atoms with van der Waals surface area (Å²) in [6, 6.07) is 3.87. The van der Waals surface area contributed by atoms with Gasteiger partial charge in [0.25, 0.3) is 0 Å². The molecule has 0 aromatic heterocycles. The van der Waals surface area contributed by atoms with Crippen molar-refractivity contribution < 1.29 is 18.4 Å². The molecule has 2 aliphatic heterocycles. The molecule has 2 saturated heterocycles. The average Bonchev–Trinajstić information content (AvgIpc) is 3.42. The molecule has 3 aliphatic rings. The predicted molar refractivity (Wildman–Crippen MR) is 98.6 cm³/mol. The van der Waals surface area contributed by atoms with Gasteiger partial charge in [0.2, 0.25) is 11.8 Å². The molecule has 4 rings (SSSR count). The first-order valence-corrected chi connectivity index (χ1v) is 9.29. The van der Waals surface area contributed by atoms with Crippen LogP contribution in [0.5, 0.6) is 0 Å². The zero-order chi connectivity index (χ0) is 18.3. The van der Waals surface area contributed by atoms with Crippen molar-refractivity contribution >= 4 is 24.2 Å². The van der Waals surface area contributed by atoms with Gasteiger partial charge in [0.1, 0.15) is 11.6 Å². The number of benzene rings is 1. The second-order valence-electron chi connectivity index (χ2n) is 7.43. The van der Waals surface area contributed by atoms with Crippen molar-refractivity contribution in [1.29, 1.82) is 0 Å². The lowest BCUT2D eigenvalue weighted by Gasteiger charge is -2.41. The number of halogens is 3. The number of nitrogens with one attached hydrogen (secondary N) is 1. The van der Waals surface area contributed by atoms with Gasteiger partial charge in [-0.3, -0.25) is 9.59 Å². The van der Waals surface area contributed by atoms with Crippen LogP contribution in [-0.2, 0) is 9.59 Å². The fourth-order valence-corrected chi connectivity index (χ4v) is 4.30. The van der Waals surface area contributed by atoms with E-state index in [1.165, 1.54) is 18.2 Å². The van der Waals surface area contributed by atoms with Crippen molar-refractivity contribution in [2.45, 2.75) is 31.2 Å². The van der Waals surface area contributed by atoms with E-state index < -0.39 is 11.6 Å². The van der Waals surface area contributed by atoms with Gasteiger partial charge in [0, 0.05) is 49.6 Å². The number of hydrogen-bond donors (Lipinski definition) is 1. The molecule has 1 aromatic carbocycles. The number of rotatable bonds is 3. The largest absolute Gasteiger partial charge is 0.340 e. The Hall–Kier alpha value is -1.73. The Morgan fingerprint density at radius 2 is 1.93 bits per heavy atom. The van der Waals surface area contributed by atoms with Crippen LogP contribution in [0.4, 0.5) is 8.78 Å². The standard InChI is InChI=1S/C19H23F2N3O2.ClH/c20-15-4-1-5-16(21)18(15)13-9-14(13)19(26)23-7-2-3-12(11-23)24-8-6-22-10-17(24)25;/h1,4-5,12-14,22H,2-3,6-11H2;1H. The van der Waals surface area contributed by atoms with Crippen molar-refractivity contribution in [2.75, 3.05) is 32.7 Å². The first-order valence-electron chi connectivity index (χ1n) is 9.29. The van der Waals surface area contributed by atoms with Gasteiger partial charge in [-0.2, -0.15) is 0 Å². The van der Waals surface area contributed by atoms with Gasteiger partial charge in [-0.1, -0.05) is 6.07 Å².